The molecule has 4 rings (SSSR count). The summed E-state index contributed by atoms with van der Waals surface area (Å²) in [6, 6.07) is 16.0. The monoisotopic (exact) mass is 512 g/mol. The first kappa shape index (κ1) is 25.4. The number of methoxy groups -OCH3 is 1. The highest BCUT2D eigenvalue weighted by Crippen LogP contribution is 2.38. The highest BCUT2D eigenvalue weighted by atomic mass is 32.2. The van der Waals surface area contributed by atoms with Crippen molar-refractivity contribution in [2.45, 2.75) is 50.6 Å². The molecule has 2 aromatic carbocycles. The van der Waals surface area contributed by atoms with Crippen molar-refractivity contribution in [2.75, 3.05) is 20.2 Å². The van der Waals surface area contributed by atoms with Crippen LogP contribution in [0.2, 0.25) is 0 Å². The molecule has 0 spiro atoms. The summed E-state index contributed by atoms with van der Waals surface area (Å²) in [5, 5.41) is 2.06. The topological polar surface area (TPSA) is 66.9 Å². The molecule has 0 saturated carbocycles. The lowest BCUT2D eigenvalue weighted by Crippen LogP contribution is -2.49. The molecule has 1 aliphatic heterocycles. The van der Waals surface area contributed by atoms with Crippen LogP contribution < -0.4 is 4.74 Å². The normalized spacial score (nSPS) is 16.7. The first-order valence-electron chi connectivity index (χ1n) is 11.8. The fraction of sp³-hybridized carbons (Fsp3) is 0.370. The lowest BCUT2D eigenvalue weighted by Gasteiger charge is -2.38. The van der Waals surface area contributed by atoms with Gasteiger partial charge in [-0.25, -0.2) is 8.42 Å². The van der Waals surface area contributed by atoms with Crippen LogP contribution in [-0.4, -0.2) is 49.8 Å². The van der Waals surface area contributed by atoms with Gasteiger partial charge in [-0.3, -0.25) is 4.79 Å². The lowest BCUT2D eigenvalue weighted by molar-refractivity contribution is -0.133. The van der Waals surface area contributed by atoms with E-state index in [9.17, 15) is 13.2 Å². The summed E-state index contributed by atoms with van der Waals surface area (Å²) in [5.74, 6) is 0.554. The molecule has 2 heterocycles. The molecule has 0 radical (unpaired) electrons. The molecule has 1 aromatic heterocycles. The lowest BCUT2D eigenvalue weighted by atomic mass is 9.93. The number of ether oxygens (including phenoxy) is 1. The number of carbonyl (C=O) groups excluding carboxylic acids is 1. The van der Waals surface area contributed by atoms with E-state index in [4.69, 9.17) is 4.74 Å². The van der Waals surface area contributed by atoms with E-state index in [1.54, 1.807) is 42.7 Å². The van der Waals surface area contributed by atoms with Crippen molar-refractivity contribution >= 4 is 27.3 Å². The van der Waals surface area contributed by atoms with Crippen LogP contribution in [0.1, 0.15) is 47.9 Å². The maximum absolute atomic E-state index is 13.8. The number of hydrogen-bond donors (Lipinski definition) is 0. The van der Waals surface area contributed by atoms with Gasteiger partial charge in [-0.2, -0.15) is 4.31 Å². The number of nitrogens with zero attached hydrogens (tertiary/aromatic N) is 2. The highest BCUT2D eigenvalue weighted by Gasteiger charge is 2.37. The number of benzene rings is 2. The maximum Gasteiger partial charge on any atom is 0.243 e. The molecule has 186 valence electrons. The first-order valence-corrected chi connectivity index (χ1v) is 14.2. The molecule has 2 unspecified atom stereocenters. The van der Waals surface area contributed by atoms with Gasteiger partial charge >= 0.3 is 0 Å². The van der Waals surface area contributed by atoms with Crippen LogP contribution in [0.15, 0.2) is 64.9 Å². The Labute approximate surface area is 212 Å². The van der Waals surface area contributed by atoms with Gasteiger partial charge in [0.25, 0.3) is 0 Å². The Morgan fingerprint density at radius 3 is 2.46 bits per heavy atom. The van der Waals surface area contributed by atoms with Crippen molar-refractivity contribution in [3.63, 3.8) is 0 Å². The maximum atomic E-state index is 13.8. The summed E-state index contributed by atoms with van der Waals surface area (Å²) < 4.78 is 33.8. The molecular weight excluding hydrogens is 480 g/mol. The van der Waals surface area contributed by atoms with Crippen LogP contribution in [0.25, 0.3) is 0 Å². The van der Waals surface area contributed by atoms with E-state index in [1.807, 2.05) is 49.9 Å². The van der Waals surface area contributed by atoms with Crippen molar-refractivity contribution in [1.29, 1.82) is 0 Å². The van der Waals surface area contributed by atoms with Gasteiger partial charge in [-0.15, -0.1) is 11.3 Å². The quantitative estimate of drug-likeness (QED) is 0.425. The van der Waals surface area contributed by atoms with Crippen LogP contribution in [0.3, 0.4) is 0 Å². The fourth-order valence-electron chi connectivity index (χ4n) is 4.48. The number of hydrogen-bond acceptors (Lipinski definition) is 5. The molecule has 8 heteroatoms. The minimum Gasteiger partial charge on any atom is -0.497 e. The van der Waals surface area contributed by atoms with E-state index in [1.165, 1.54) is 9.18 Å². The molecule has 35 heavy (non-hydrogen) atoms. The number of carbonyl (C=O) groups is 1. The summed E-state index contributed by atoms with van der Waals surface area (Å²) in [5.41, 5.74) is 3.07. The summed E-state index contributed by atoms with van der Waals surface area (Å²) in [6.45, 7) is 6.05. The minimum absolute atomic E-state index is 0.196. The van der Waals surface area contributed by atoms with Gasteiger partial charge in [0, 0.05) is 17.5 Å². The van der Waals surface area contributed by atoms with Crippen LogP contribution >= 0.6 is 11.3 Å². The van der Waals surface area contributed by atoms with Gasteiger partial charge in [-0.1, -0.05) is 36.8 Å². The molecule has 3 aromatic rings. The minimum atomic E-state index is -3.83. The fourth-order valence-corrected chi connectivity index (χ4v) is 7.04. The number of fused-ring (bicyclic) bond motifs is 1. The van der Waals surface area contributed by atoms with E-state index in [0.29, 0.717) is 13.0 Å². The Morgan fingerprint density at radius 2 is 1.83 bits per heavy atom. The molecule has 0 N–H and O–H groups in total. The molecular formula is C27H32N2O4S2. The molecule has 0 saturated heterocycles. The third-order valence-electron chi connectivity index (χ3n) is 6.72. The van der Waals surface area contributed by atoms with E-state index in [-0.39, 0.29) is 29.4 Å². The van der Waals surface area contributed by atoms with Crippen LogP contribution in [0.5, 0.6) is 5.75 Å². The Balaban J connectivity index is 1.67. The Hall–Kier alpha value is -2.68. The second kappa shape index (κ2) is 10.5. The summed E-state index contributed by atoms with van der Waals surface area (Å²) in [7, 11) is -2.21. The van der Waals surface area contributed by atoms with E-state index in [0.717, 1.165) is 28.9 Å². The van der Waals surface area contributed by atoms with Crippen molar-refractivity contribution in [2.24, 2.45) is 0 Å². The zero-order chi connectivity index (χ0) is 25.2. The molecule has 2 atom stereocenters. The number of aryl methyl sites for hydroxylation is 1. The van der Waals surface area contributed by atoms with Crippen molar-refractivity contribution in [3.8, 4) is 5.75 Å². The van der Waals surface area contributed by atoms with Crippen molar-refractivity contribution in [1.82, 2.24) is 9.21 Å². The van der Waals surface area contributed by atoms with Gasteiger partial charge in [0.15, 0.2) is 0 Å². The van der Waals surface area contributed by atoms with Crippen LogP contribution in [0.4, 0.5) is 0 Å². The Kier molecular flexibility index (Phi) is 7.64. The molecule has 1 aliphatic rings. The van der Waals surface area contributed by atoms with Crippen molar-refractivity contribution < 1.29 is 17.9 Å². The van der Waals surface area contributed by atoms with Gasteiger partial charge in [-0.05, 0) is 73.5 Å². The third kappa shape index (κ3) is 5.15. The second-order valence-corrected chi connectivity index (χ2v) is 11.8. The molecule has 6 nitrogen and oxygen atoms in total. The highest BCUT2D eigenvalue weighted by molar-refractivity contribution is 7.89. The average molecular weight is 513 g/mol. The number of sulfonamides is 1. The molecule has 0 bridgehead atoms. The van der Waals surface area contributed by atoms with E-state index < -0.39 is 10.0 Å². The SMILES string of the molecule is CCC(C)N(CC(=O)N1CCc2sccc2C1c1ccc(OC)cc1)S(=O)(=O)c1ccc(C)cc1. The third-order valence-corrected chi connectivity index (χ3v) is 9.69. The van der Waals surface area contributed by atoms with E-state index in [2.05, 4.69) is 11.4 Å². The summed E-state index contributed by atoms with van der Waals surface area (Å²) in [6.07, 6.45) is 1.37. The predicted octanol–water partition coefficient (Wildman–Crippen LogP) is 5.03. The smallest absolute Gasteiger partial charge is 0.243 e. The average Bonchev–Trinajstić information content (AvgIpc) is 3.35. The zero-order valence-corrected chi connectivity index (χ0v) is 22.2. The number of rotatable bonds is 8. The largest absolute Gasteiger partial charge is 0.497 e. The number of amides is 1. The number of thiophene rings is 1. The Morgan fingerprint density at radius 1 is 1.14 bits per heavy atom. The van der Waals surface area contributed by atoms with Gasteiger partial charge in [0.1, 0.15) is 5.75 Å². The van der Waals surface area contributed by atoms with Gasteiger partial charge < -0.3 is 9.64 Å². The summed E-state index contributed by atoms with van der Waals surface area (Å²) >= 11 is 1.70. The standard InChI is InChI=1S/C27H32N2O4S2/c1-5-20(3)29(35(31,32)23-12-6-19(2)7-13-23)18-26(30)28-16-14-25-24(15-17-34-25)27(28)21-8-10-22(33-4)11-9-21/h6-13,15,17,20,27H,5,14,16,18H2,1-4H3. The van der Waals surface area contributed by atoms with Crippen LogP contribution in [0, 0.1) is 6.92 Å². The first-order chi connectivity index (χ1) is 16.8. The van der Waals surface area contributed by atoms with Gasteiger partial charge in [0.2, 0.25) is 15.9 Å². The Bertz CT molecular complexity index is 1270. The summed E-state index contributed by atoms with van der Waals surface area (Å²) in [4.78, 5) is 17.1. The zero-order valence-electron chi connectivity index (χ0n) is 20.6. The second-order valence-electron chi connectivity index (χ2n) is 8.93. The van der Waals surface area contributed by atoms with Crippen LogP contribution in [-0.2, 0) is 21.2 Å². The predicted molar refractivity (Wildman–Crippen MR) is 139 cm³/mol. The molecule has 0 aliphatic carbocycles. The molecule has 1 amide bonds. The van der Waals surface area contributed by atoms with Gasteiger partial charge in [0.05, 0.1) is 24.6 Å². The molecule has 0 fully saturated rings. The van der Waals surface area contributed by atoms with Crippen molar-refractivity contribution in [3.05, 3.63) is 81.5 Å². The van der Waals surface area contributed by atoms with E-state index >= 15 is 0 Å².